The minimum atomic E-state index is -0.594. The highest BCUT2D eigenvalue weighted by atomic mass is 35.5. The van der Waals surface area contributed by atoms with Crippen LogP contribution in [0.2, 0.25) is 5.02 Å². The van der Waals surface area contributed by atoms with Crippen molar-refractivity contribution in [2.45, 2.75) is 83.7 Å². The molecule has 1 aliphatic carbocycles. The minimum absolute atomic E-state index is 0.116. The quantitative estimate of drug-likeness (QED) is 0.382. The lowest BCUT2D eigenvalue weighted by molar-refractivity contribution is -0.124. The van der Waals surface area contributed by atoms with Gasteiger partial charge in [0.15, 0.2) is 0 Å². The number of alkyl halides is 1. The van der Waals surface area contributed by atoms with Crippen molar-refractivity contribution < 1.29 is 23.1 Å². The first-order valence-electron chi connectivity index (χ1n) is 13.1. The average Bonchev–Trinajstić information content (AvgIpc) is 3.30. The smallest absolute Gasteiger partial charge is 0.298 e. The van der Waals surface area contributed by atoms with E-state index in [0.717, 1.165) is 25.7 Å². The number of benzene rings is 2. The van der Waals surface area contributed by atoms with Gasteiger partial charge in [0, 0.05) is 35.0 Å². The minimum Gasteiger partial charge on any atom is -0.428 e. The Morgan fingerprint density at radius 3 is 2.29 bits per heavy atom. The molecule has 0 spiro atoms. The van der Waals surface area contributed by atoms with E-state index in [2.05, 4.69) is 38.3 Å². The number of ether oxygens (including phenoxy) is 1. The van der Waals surface area contributed by atoms with E-state index < -0.39 is 12.0 Å². The van der Waals surface area contributed by atoms with Crippen molar-refractivity contribution in [2.75, 3.05) is 13.7 Å². The van der Waals surface area contributed by atoms with Crippen molar-refractivity contribution in [3.63, 3.8) is 0 Å². The van der Waals surface area contributed by atoms with Gasteiger partial charge >= 0.3 is 0 Å². The fourth-order valence-electron chi connectivity index (χ4n) is 4.95. The third kappa shape index (κ3) is 9.35. The van der Waals surface area contributed by atoms with Crippen molar-refractivity contribution in [3.8, 4) is 5.75 Å². The Labute approximate surface area is 230 Å². The summed E-state index contributed by atoms with van der Waals surface area (Å²) in [4.78, 5) is 24.3. The maximum atomic E-state index is 14.9. The van der Waals surface area contributed by atoms with Gasteiger partial charge in [0.2, 0.25) is 5.91 Å². The fourth-order valence-corrected chi connectivity index (χ4v) is 5.11. The van der Waals surface area contributed by atoms with Gasteiger partial charge in [-0.2, -0.15) is 0 Å². The van der Waals surface area contributed by atoms with Gasteiger partial charge in [0.05, 0.1) is 13.2 Å². The normalized spacial score (nSPS) is 21.3. The molecule has 8 heteroatoms. The highest BCUT2D eigenvalue weighted by Gasteiger charge is 2.44. The molecule has 2 aromatic rings. The third-order valence-corrected chi connectivity index (χ3v) is 6.63. The number of rotatable bonds is 6. The van der Waals surface area contributed by atoms with E-state index in [-0.39, 0.29) is 23.7 Å². The Balaban J connectivity index is 0.000000651. The van der Waals surface area contributed by atoms with Gasteiger partial charge in [-0.05, 0) is 42.0 Å². The van der Waals surface area contributed by atoms with Crippen LogP contribution in [-0.2, 0) is 9.59 Å². The molecule has 2 unspecified atom stereocenters. The Morgan fingerprint density at radius 2 is 1.68 bits per heavy atom. The summed E-state index contributed by atoms with van der Waals surface area (Å²) < 4.78 is 29.5. The molecule has 5 nitrogen and oxygen atoms in total. The third-order valence-electron chi connectivity index (χ3n) is 6.40. The zero-order valence-corrected chi connectivity index (χ0v) is 23.8. The van der Waals surface area contributed by atoms with Crippen molar-refractivity contribution in [1.29, 1.82) is 0 Å². The molecule has 1 aliphatic heterocycles. The van der Waals surface area contributed by atoms with E-state index in [1.54, 1.807) is 36.4 Å². The summed E-state index contributed by atoms with van der Waals surface area (Å²) in [5.41, 5.74) is 1.68. The van der Waals surface area contributed by atoms with Gasteiger partial charge in [0.25, 0.3) is 6.47 Å². The Kier molecular flexibility index (Phi) is 12.7. The molecule has 2 N–H and O–H groups in total. The van der Waals surface area contributed by atoms with Gasteiger partial charge in [-0.15, -0.1) is 0 Å². The number of carbonyl (C=O) groups is 2. The lowest BCUT2D eigenvalue weighted by Crippen LogP contribution is -2.47. The summed E-state index contributed by atoms with van der Waals surface area (Å²) in [6.07, 6.45) is 5.37. The highest BCUT2D eigenvalue weighted by Crippen LogP contribution is 2.44. The predicted octanol–water partition coefficient (Wildman–Crippen LogP) is 6.94. The van der Waals surface area contributed by atoms with Crippen LogP contribution in [0.15, 0.2) is 42.5 Å². The summed E-state index contributed by atoms with van der Waals surface area (Å²) >= 11 is 6.09. The Morgan fingerprint density at radius 1 is 1.05 bits per heavy atom. The van der Waals surface area contributed by atoms with Crippen molar-refractivity contribution in [2.24, 2.45) is 5.41 Å². The summed E-state index contributed by atoms with van der Waals surface area (Å²) in [7, 11) is 0.500. The lowest BCUT2D eigenvalue weighted by Gasteiger charge is -2.28. The molecule has 1 heterocycles. The van der Waals surface area contributed by atoms with E-state index in [1.165, 1.54) is 12.5 Å². The van der Waals surface area contributed by atoms with Crippen molar-refractivity contribution in [3.05, 3.63) is 64.4 Å². The maximum absolute atomic E-state index is 14.9. The molecule has 3 atom stereocenters. The fraction of sp³-hybridized carbons (Fsp3) is 0.533. The topological polar surface area (TPSA) is 67.4 Å². The van der Waals surface area contributed by atoms with Crippen LogP contribution < -0.4 is 15.4 Å². The Bertz CT molecular complexity index is 1030. The molecule has 38 heavy (non-hydrogen) atoms. The Hall–Kier alpha value is -2.51. The number of halogens is 3. The van der Waals surface area contributed by atoms with Gasteiger partial charge < -0.3 is 15.4 Å². The average molecular weight is 551 g/mol. The van der Waals surface area contributed by atoms with E-state index in [0.29, 0.717) is 47.5 Å². The molecular weight excluding hydrogens is 510 g/mol. The summed E-state index contributed by atoms with van der Waals surface area (Å²) in [5, 5.41) is 6.90. The zero-order valence-electron chi connectivity index (χ0n) is 23.0. The predicted molar refractivity (Wildman–Crippen MR) is 149 cm³/mol. The van der Waals surface area contributed by atoms with E-state index >= 15 is 0 Å². The van der Waals surface area contributed by atoms with Crippen LogP contribution in [0.4, 0.5) is 8.78 Å². The second kappa shape index (κ2) is 15.2. The number of amides is 1. The molecule has 0 bridgehead atoms. The van der Waals surface area contributed by atoms with Gasteiger partial charge in [-0.25, -0.2) is 4.39 Å². The van der Waals surface area contributed by atoms with E-state index in [1.807, 2.05) is 0 Å². The van der Waals surface area contributed by atoms with Crippen LogP contribution >= 0.6 is 11.6 Å². The molecule has 0 aromatic heterocycles. The molecule has 1 amide bonds. The molecule has 2 fully saturated rings. The lowest BCUT2D eigenvalue weighted by atomic mass is 9.79. The second-order valence-electron chi connectivity index (χ2n) is 11.3. The van der Waals surface area contributed by atoms with E-state index in [9.17, 15) is 18.4 Å². The maximum Gasteiger partial charge on any atom is 0.298 e. The summed E-state index contributed by atoms with van der Waals surface area (Å²) in [5.74, 6) is -0.881. The zero-order chi connectivity index (χ0) is 28.3. The first-order valence-corrected chi connectivity index (χ1v) is 13.5. The first kappa shape index (κ1) is 31.7. The molecule has 2 aliphatic rings. The van der Waals surface area contributed by atoms with Crippen LogP contribution in [0.1, 0.15) is 82.8 Å². The van der Waals surface area contributed by atoms with Crippen LogP contribution in [0.3, 0.4) is 0 Å². The van der Waals surface area contributed by atoms with Crippen LogP contribution in [-0.4, -0.2) is 38.2 Å². The van der Waals surface area contributed by atoms with Crippen LogP contribution in [0, 0.1) is 11.2 Å². The van der Waals surface area contributed by atoms with Crippen LogP contribution in [0.5, 0.6) is 5.75 Å². The molecule has 2 aromatic carbocycles. The number of hydrogen-bond acceptors (Lipinski definition) is 4. The standard InChI is InChI=1S/C24H26ClFN2O3.C5H12.CH3F/c25-15-10-11-17(21(12-15)31-14-29)19-13-27-23(22(19)18-8-4-5-9-20(18)26)24(30)28-16-6-2-1-3-7-16;1-5(2,3)4;1-2/h4-5,8-12,14,16,19,22-23,27H,1-3,6-7,13H2,(H,28,30);1-4H3;1H3/t19?,22?,23-;;/m1../s1. The molecule has 0 radical (unpaired) electrons. The molecular formula is C30H41ClF2N2O3. The molecule has 1 saturated carbocycles. The molecule has 210 valence electrons. The van der Waals surface area contributed by atoms with Crippen molar-refractivity contribution >= 4 is 24.0 Å². The second-order valence-corrected chi connectivity index (χ2v) is 11.7. The monoisotopic (exact) mass is 550 g/mol. The van der Waals surface area contributed by atoms with E-state index in [4.69, 9.17) is 16.3 Å². The summed E-state index contributed by atoms with van der Waals surface area (Å²) in [6, 6.07) is 11.2. The SMILES string of the molecule is CC(C)(C)C.CF.O=COc1cc(Cl)ccc1C1CN[C@@H](C(=O)NC2CCCCC2)C1c1ccccc1F. The van der Waals surface area contributed by atoms with Crippen LogP contribution in [0.25, 0.3) is 0 Å². The van der Waals surface area contributed by atoms with Crippen molar-refractivity contribution in [1.82, 2.24) is 10.6 Å². The molecule has 4 rings (SSSR count). The number of hydrogen-bond donors (Lipinski definition) is 2. The van der Waals surface area contributed by atoms with Gasteiger partial charge in [0.1, 0.15) is 11.6 Å². The first-order chi connectivity index (χ1) is 18.1. The van der Waals surface area contributed by atoms with Gasteiger partial charge in [-0.3, -0.25) is 14.0 Å². The largest absolute Gasteiger partial charge is 0.428 e. The highest BCUT2D eigenvalue weighted by molar-refractivity contribution is 6.30. The summed E-state index contributed by atoms with van der Waals surface area (Å²) in [6.45, 7) is 9.54. The number of carbonyl (C=O) groups excluding carboxylic acids is 2. The number of nitrogens with one attached hydrogen (secondary N) is 2. The molecule has 1 saturated heterocycles. The van der Waals surface area contributed by atoms with Gasteiger partial charge in [-0.1, -0.05) is 82.8 Å².